The second-order valence-corrected chi connectivity index (χ2v) is 16.0. The highest BCUT2D eigenvalue weighted by Gasteiger charge is 2.18. The van der Waals surface area contributed by atoms with Gasteiger partial charge in [0.1, 0.15) is 24.7 Å². The van der Waals surface area contributed by atoms with E-state index in [1.807, 2.05) is 108 Å². The van der Waals surface area contributed by atoms with Crippen molar-refractivity contribution in [2.45, 2.75) is 34.0 Å². The molecule has 64 heavy (non-hydrogen) atoms. The van der Waals surface area contributed by atoms with Crippen molar-refractivity contribution < 1.29 is 28.9 Å². The van der Waals surface area contributed by atoms with Crippen LogP contribution >= 0.6 is 46.4 Å². The van der Waals surface area contributed by atoms with Gasteiger partial charge in [-0.15, -0.1) is 0 Å². The molecule has 0 spiro atoms. The molecule has 0 unspecified atom stereocenters. The molecular weight excluding hydrogens is 894 g/mol. The molecule has 0 fully saturated rings. The lowest BCUT2D eigenvalue weighted by Crippen LogP contribution is -2.07. The molecule has 4 aromatic carbocycles. The number of hydrogen-bond acceptors (Lipinski definition) is 7. The molecule has 1 N–H and O–H groups in total. The van der Waals surface area contributed by atoms with Crippen molar-refractivity contribution in [3.63, 3.8) is 0 Å². The van der Waals surface area contributed by atoms with Gasteiger partial charge in [-0.05, 0) is 117 Å². The average Bonchev–Trinajstić information content (AvgIpc) is 3.89. The van der Waals surface area contributed by atoms with Crippen LogP contribution in [-0.2, 0) is 18.0 Å². The number of carbonyl (C=O) groups is 2. The molecular formula is C50H40Cl4N4O6. The lowest BCUT2D eigenvalue weighted by Gasteiger charge is -2.16. The third-order valence-electron chi connectivity index (χ3n) is 9.96. The second-order valence-electron chi connectivity index (χ2n) is 14.3. The van der Waals surface area contributed by atoms with Gasteiger partial charge in [0.2, 0.25) is 0 Å². The molecule has 0 radical (unpaired) electrons. The molecule has 0 aliphatic carbocycles. The van der Waals surface area contributed by atoms with Crippen molar-refractivity contribution in [1.82, 2.24) is 19.1 Å². The first kappa shape index (κ1) is 45.5. The van der Waals surface area contributed by atoms with Crippen LogP contribution in [0.25, 0.3) is 33.9 Å². The van der Waals surface area contributed by atoms with Gasteiger partial charge in [-0.1, -0.05) is 82.8 Å². The summed E-state index contributed by atoms with van der Waals surface area (Å²) in [6.07, 6.45) is 6.20. The van der Waals surface area contributed by atoms with Crippen molar-refractivity contribution in [2.75, 3.05) is 6.61 Å². The first-order valence-corrected chi connectivity index (χ1v) is 21.4. The summed E-state index contributed by atoms with van der Waals surface area (Å²) < 4.78 is 21.4. The molecule has 0 amide bonds. The first-order chi connectivity index (χ1) is 30.9. The maximum atomic E-state index is 12.2. The predicted octanol–water partition coefficient (Wildman–Crippen LogP) is 13.3. The van der Waals surface area contributed by atoms with E-state index in [1.165, 1.54) is 12.4 Å². The summed E-state index contributed by atoms with van der Waals surface area (Å²) in [7, 11) is 0. The van der Waals surface area contributed by atoms with Crippen molar-refractivity contribution in [3.8, 4) is 45.4 Å². The zero-order chi connectivity index (χ0) is 45.3. The fourth-order valence-electron chi connectivity index (χ4n) is 6.92. The average molecular weight is 935 g/mol. The smallest absolute Gasteiger partial charge is 0.339 e. The Morgan fingerprint density at radius 2 is 1.02 bits per heavy atom. The maximum absolute atomic E-state index is 12.2. The van der Waals surface area contributed by atoms with E-state index in [2.05, 4.69) is 9.97 Å². The van der Waals surface area contributed by atoms with Gasteiger partial charge in [-0.3, -0.25) is 9.97 Å². The number of rotatable bonds is 13. The van der Waals surface area contributed by atoms with E-state index in [4.69, 9.17) is 60.6 Å². The number of carbonyl (C=O) groups excluding carboxylic acids is 1. The molecule has 0 saturated carbocycles. The number of para-hydroxylation sites is 2. The zero-order valence-corrected chi connectivity index (χ0v) is 37.8. The number of aromatic nitrogens is 4. The lowest BCUT2D eigenvalue weighted by molar-refractivity contribution is 0.0525. The molecule has 0 bridgehead atoms. The van der Waals surface area contributed by atoms with Crippen LogP contribution < -0.4 is 9.47 Å². The van der Waals surface area contributed by atoms with E-state index in [-0.39, 0.29) is 5.56 Å². The summed E-state index contributed by atoms with van der Waals surface area (Å²) in [6.45, 7) is 6.70. The Morgan fingerprint density at radius 1 is 0.562 bits per heavy atom. The van der Waals surface area contributed by atoms with E-state index in [0.29, 0.717) is 56.9 Å². The number of pyridine rings is 2. The van der Waals surface area contributed by atoms with E-state index in [1.54, 1.807) is 55.7 Å². The minimum Gasteiger partial charge on any atom is -0.488 e. The summed E-state index contributed by atoms with van der Waals surface area (Å²) in [5.74, 6) is -0.0117. The molecule has 10 nitrogen and oxygen atoms in total. The van der Waals surface area contributed by atoms with Crippen LogP contribution in [0.2, 0.25) is 20.1 Å². The summed E-state index contributed by atoms with van der Waals surface area (Å²) in [4.78, 5) is 32.0. The van der Waals surface area contributed by atoms with Crippen LogP contribution in [0.1, 0.15) is 50.2 Å². The summed E-state index contributed by atoms with van der Waals surface area (Å²) in [5.41, 5.74) is 9.26. The Labute approximate surface area is 390 Å². The monoisotopic (exact) mass is 932 g/mol. The number of carboxylic acids is 1. The topological polar surface area (TPSA) is 118 Å². The third-order valence-corrected chi connectivity index (χ3v) is 11.4. The van der Waals surface area contributed by atoms with Crippen molar-refractivity contribution in [2.24, 2.45) is 0 Å². The maximum Gasteiger partial charge on any atom is 0.339 e. The van der Waals surface area contributed by atoms with Gasteiger partial charge in [0.25, 0.3) is 0 Å². The molecule has 14 heteroatoms. The Bertz CT molecular complexity index is 2970. The van der Waals surface area contributed by atoms with Gasteiger partial charge in [0, 0.05) is 34.9 Å². The van der Waals surface area contributed by atoms with Gasteiger partial charge in [-0.25, -0.2) is 9.59 Å². The number of aryl methyl sites for hydroxylation is 2. The van der Waals surface area contributed by atoms with Gasteiger partial charge < -0.3 is 28.5 Å². The number of hydrogen-bond donors (Lipinski definition) is 1. The molecule has 0 atom stereocenters. The molecule has 0 aliphatic heterocycles. The standard InChI is InChI=1S/C26H22Cl2N2O3.C24H18Cl2N2O3/c1-3-32-26(31)19-13-20(15-29-14-19)30-17(2)8-11-24(30)21-6-4-5-7-25(21)33-16-18-9-10-22(27)23(28)12-18;1-15-6-9-22(28(15)18-11-17(24(29)30)12-27-13-18)19-4-2-3-5-23(19)31-14-16-7-8-20(25)21(26)10-16/h4-15H,3,16H2,1-2H3;2-13H,14H2,1H3,(H,29,30). The fourth-order valence-corrected chi connectivity index (χ4v) is 7.56. The zero-order valence-electron chi connectivity index (χ0n) is 34.8. The number of aromatic carboxylic acids is 1. The number of carboxylic acid groups (broad SMARTS) is 1. The molecule has 324 valence electrons. The second kappa shape index (κ2) is 20.7. The third kappa shape index (κ3) is 10.6. The highest BCUT2D eigenvalue weighted by Crippen LogP contribution is 2.36. The molecule has 4 heterocycles. The molecule has 0 saturated heterocycles. The molecule has 8 rings (SSSR count). The van der Waals surface area contributed by atoms with E-state index in [9.17, 15) is 14.7 Å². The van der Waals surface area contributed by atoms with Crippen LogP contribution in [0.15, 0.2) is 146 Å². The lowest BCUT2D eigenvalue weighted by atomic mass is 10.1. The van der Waals surface area contributed by atoms with Crippen LogP contribution in [0.5, 0.6) is 11.5 Å². The van der Waals surface area contributed by atoms with Crippen LogP contribution in [0.3, 0.4) is 0 Å². The van der Waals surface area contributed by atoms with E-state index >= 15 is 0 Å². The normalized spacial score (nSPS) is 10.8. The SMILES string of the molecule is CCOC(=O)c1cncc(-n2c(C)ccc2-c2ccccc2OCc2ccc(Cl)c(Cl)c2)c1.Cc1ccc(-c2ccccc2OCc2ccc(Cl)c(Cl)c2)n1-c1cncc(C(=O)O)c1. The minimum atomic E-state index is -1.02. The Hall–Kier alpha value is -6.56. The highest BCUT2D eigenvalue weighted by atomic mass is 35.5. The van der Waals surface area contributed by atoms with Gasteiger partial charge in [-0.2, -0.15) is 0 Å². The molecule has 8 aromatic rings. The summed E-state index contributed by atoms with van der Waals surface area (Å²) >= 11 is 24.3. The largest absolute Gasteiger partial charge is 0.488 e. The number of nitrogens with zero attached hydrogens (tertiary/aromatic N) is 4. The van der Waals surface area contributed by atoms with Crippen LogP contribution in [0.4, 0.5) is 0 Å². The van der Waals surface area contributed by atoms with Crippen molar-refractivity contribution in [3.05, 3.63) is 200 Å². The number of ether oxygens (including phenoxy) is 3. The quantitative estimate of drug-likeness (QED) is 0.114. The van der Waals surface area contributed by atoms with E-state index < -0.39 is 11.9 Å². The molecule has 4 aromatic heterocycles. The molecule has 0 aliphatic rings. The number of esters is 1. The summed E-state index contributed by atoms with van der Waals surface area (Å²) in [5, 5.41) is 11.3. The van der Waals surface area contributed by atoms with Gasteiger partial charge >= 0.3 is 11.9 Å². The fraction of sp³-hybridized carbons (Fsp3) is 0.120. The Kier molecular flexibility index (Phi) is 14.7. The summed E-state index contributed by atoms with van der Waals surface area (Å²) in [6, 6.07) is 37.7. The van der Waals surface area contributed by atoms with E-state index in [0.717, 1.165) is 56.5 Å². The minimum absolute atomic E-state index is 0.126. The first-order valence-electron chi connectivity index (χ1n) is 19.9. The Balaban J connectivity index is 0.000000192. The van der Waals surface area contributed by atoms with Crippen molar-refractivity contribution >= 4 is 58.3 Å². The van der Waals surface area contributed by atoms with Crippen LogP contribution in [-0.4, -0.2) is 42.8 Å². The van der Waals surface area contributed by atoms with Gasteiger partial charge in [0.05, 0.1) is 73.0 Å². The van der Waals surface area contributed by atoms with Crippen molar-refractivity contribution in [1.29, 1.82) is 0 Å². The van der Waals surface area contributed by atoms with Gasteiger partial charge in [0.15, 0.2) is 0 Å². The number of halogens is 4. The Morgan fingerprint density at radius 3 is 1.47 bits per heavy atom. The highest BCUT2D eigenvalue weighted by molar-refractivity contribution is 6.42. The predicted molar refractivity (Wildman–Crippen MR) is 252 cm³/mol. The van der Waals surface area contributed by atoms with Crippen LogP contribution in [0, 0.1) is 13.8 Å². The number of benzene rings is 4.